The minimum Gasteiger partial charge on any atom is -0.406 e. The predicted octanol–water partition coefficient (Wildman–Crippen LogP) is 2.90. The number of carbonyl (C=O) groups excluding carboxylic acids is 2. The first-order valence-corrected chi connectivity index (χ1v) is 6.86. The second kappa shape index (κ2) is 5.55. The molecule has 0 aliphatic carbocycles. The van der Waals surface area contributed by atoms with Crippen molar-refractivity contribution in [3.8, 4) is 5.75 Å². The number of nitrogens with zero attached hydrogens (tertiary/aromatic N) is 1. The Kier molecular flexibility index (Phi) is 3.67. The zero-order valence-electron chi connectivity index (χ0n) is 12.1. The van der Waals surface area contributed by atoms with Gasteiger partial charge in [-0.3, -0.25) is 14.5 Å². The highest BCUT2D eigenvalue weighted by Crippen LogP contribution is 2.37. The number of fused-ring (bicyclic) bond motifs is 1. The number of amides is 2. The van der Waals surface area contributed by atoms with E-state index in [2.05, 4.69) is 4.74 Å². The van der Waals surface area contributed by atoms with Crippen LogP contribution in [-0.2, 0) is 11.2 Å². The Labute approximate surface area is 134 Å². The third kappa shape index (κ3) is 3.03. The van der Waals surface area contributed by atoms with Crippen LogP contribution in [0.15, 0.2) is 42.5 Å². The quantitative estimate of drug-likeness (QED) is 0.937. The molecular weight excluding hydrogens is 325 g/mol. The third-order valence-corrected chi connectivity index (χ3v) is 3.51. The lowest BCUT2D eigenvalue weighted by atomic mass is 10.1. The van der Waals surface area contributed by atoms with Crippen LogP contribution >= 0.6 is 0 Å². The first-order chi connectivity index (χ1) is 11.2. The number of rotatable bonds is 3. The molecule has 24 heavy (non-hydrogen) atoms. The molecule has 0 unspecified atom stereocenters. The summed E-state index contributed by atoms with van der Waals surface area (Å²) < 4.78 is 40.9. The van der Waals surface area contributed by atoms with Gasteiger partial charge < -0.3 is 10.5 Å². The van der Waals surface area contributed by atoms with E-state index < -0.39 is 18.0 Å². The van der Waals surface area contributed by atoms with E-state index in [1.807, 2.05) is 0 Å². The summed E-state index contributed by atoms with van der Waals surface area (Å²) in [5.41, 5.74) is 6.79. The van der Waals surface area contributed by atoms with E-state index in [9.17, 15) is 22.8 Å². The molecule has 5 nitrogen and oxygen atoms in total. The van der Waals surface area contributed by atoms with E-state index in [1.54, 1.807) is 0 Å². The largest absolute Gasteiger partial charge is 0.573 e. The van der Waals surface area contributed by atoms with Crippen LogP contribution in [0, 0.1) is 0 Å². The number of primary amides is 1. The number of nitrogens with two attached hydrogens (primary N) is 1. The monoisotopic (exact) mass is 336 g/mol. The third-order valence-electron chi connectivity index (χ3n) is 3.51. The van der Waals surface area contributed by atoms with E-state index >= 15 is 0 Å². The van der Waals surface area contributed by atoms with Crippen LogP contribution in [0.25, 0.3) is 0 Å². The fourth-order valence-electron chi connectivity index (χ4n) is 2.58. The van der Waals surface area contributed by atoms with Gasteiger partial charge in [-0.2, -0.15) is 0 Å². The molecule has 2 aromatic rings. The highest BCUT2D eigenvalue weighted by atomic mass is 19.4. The summed E-state index contributed by atoms with van der Waals surface area (Å²) >= 11 is 0. The van der Waals surface area contributed by atoms with Crippen molar-refractivity contribution in [2.75, 3.05) is 4.90 Å². The fraction of sp³-hybridized carbons (Fsp3) is 0.125. The maximum Gasteiger partial charge on any atom is 0.573 e. The van der Waals surface area contributed by atoms with E-state index in [1.165, 1.54) is 35.2 Å². The molecule has 0 aromatic heterocycles. The second-order valence-corrected chi connectivity index (χ2v) is 5.16. The van der Waals surface area contributed by atoms with Crippen LogP contribution in [0.4, 0.5) is 24.5 Å². The molecule has 1 heterocycles. The van der Waals surface area contributed by atoms with Gasteiger partial charge in [0.1, 0.15) is 5.75 Å². The van der Waals surface area contributed by atoms with Crippen LogP contribution in [-0.4, -0.2) is 18.2 Å². The number of anilines is 2. The zero-order chi connectivity index (χ0) is 17.5. The number of alkyl halides is 3. The van der Waals surface area contributed by atoms with Crippen LogP contribution < -0.4 is 15.4 Å². The van der Waals surface area contributed by atoms with Gasteiger partial charge in [0.2, 0.25) is 11.8 Å². The topological polar surface area (TPSA) is 72.6 Å². The second-order valence-electron chi connectivity index (χ2n) is 5.16. The Morgan fingerprint density at radius 1 is 1.17 bits per heavy atom. The number of carbonyl (C=O) groups is 2. The molecule has 0 spiro atoms. The van der Waals surface area contributed by atoms with Crippen molar-refractivity contribution in [3.63, 3.8) is 0 Å². The van der Waals surface area contributed by atoms with Crippen molar-refractivity contribution in [2.24, 2.45) is 5.73 Å². The minimum atomic E-state index is -4.82. The Hall–Kier alpha value is -3.03. The van der Waals surface area contributed by atoms with E-state index in [0.717, 1.165) is 12.1 Å². The van der Waals surface area contributed by atoms with Gasteiger partial charge in [-0.15, -0.1) is 13.2 Å². The molecule has 124 valence electrons. The molecular formula is C16H11F3N2O3. The first-order valence-electron chi connectivity index (χ1n) is 6.86. The van der Waals surface area contributed by atoms with Crippen molar-refractivity contribution >= 4 is 23.2 Å². The van der Waals surface area contributed by atoms with Gasteiger partial charge in [0.05, 0.1) is 17.8 Å². The lowest BCUT2D eigenvalue weighted by Crippen LogP contribution is -2.21. The highest BCUT2D eigenvalue weighted by molar-refractivity contribution is 6.08. The Bertz CT molecular complexity index is 834. The molecule has 0 saturated heterocycles. The molecule has 1 aliphatic rings. The predicted molar refractivity (Wildman–Crippen MR) is 78.9 cm³/mol. The maximum absolute atomic E-state index is 12.3. The molecule has 2 N–H and O–H groups in total. The molecule has 0 atom stereocenters. The molecule has 3 rings (SSSR count). The normalized spacial score (nSPS) is 13.8. The van der Waals surface area contributed by atoms with Crippen LogP contribution in [0.3, 0.4) is 0 Å². The summed E-state index contributed by atoms with van der Waals surface area (Å²) in [5, 5.41) is 0. The van der Waals surface area contributed by atoms with Crippen LogP contribution in [0.1, 0.15) is 15.9 Å². The summed E-state index contributed by atoms with van der Waals surface area (Å²) in [4.78, 5) is 24.7. The van der Waals surface area contributed by atoms with Crippen LogP contribution in [0.5, 0.6) is 5.75 Å². The van der Waals surface area contributed by atoms with Crippen molar-refractivity contribution in [1.29, 1.82) is 0 Å². The van der Waals surface area contributed by atoms with E-state index in [4.69, 9.17) is 5.73 Å². The van der Waals surface area contributed by atoms with Gasteiger partial charge in [-0.25, -0.2) is 0 Å². The smallest absolute Gasteiger partial charge is 0.406 e. The highest BCUT2D eigenvalue weighted by Gasteiger charge is 2.33. The van der Waals surface area contributed by atoms with E-state index in [-0.39, 0.29) is 23.6 Å². The Morgan fingerprint density at radius 2 is 1.92 bits per heavy atom. The molecule has 0 radical (unpaired) electrons. The average Bonchev–Trinajstić information content (AvgIpc) is 2.80. The van der Waals surface area contributed by atoms with Gasteiger partial charge in [0.15, 0.2) is 0 Å². The summed E-state index contributed by atoms with van der Waals surface area (Å²) in [7, 11) is 0. The van der Waals surface area contributed by atoms with Gasteiger partial charge in [-0.1, -0.05) is 6.07 Å². The summed E-state index contributed by atoms with van der Waals surface area (Å²) in [5.74, 6) is -1.37. The fourth-order valence-corrected chi connectivity index (χ4v) is 2.58. The Morgan fingerprint density at radius 3 is 2.58 bits per heavy atom. The van der Waals surface area contributed by atoms with E-state index in [0.29, 0.717) is 11.3 Å². The molecule has 0 bridgehead atoms. The first kappa shape index (κ1) is 15.9. The van der Waals surface area contributed by atoms with Crippen molar-refractivity contribution < 1.29 is 27.5 Å². The number of benzene rings is 2. The average molecular weight is 336 g/mol. The molecule has 8 heteroatoms. The lowest BCUT2D eigenvalue weighted by molar-refractivity contribution is -0.274. The molecule has 2 amide bonds. The summed E-state index contributed by atoms with van der Waals surface area (Å²) in [6.07, 6.45) is -4.79. The molecule has 0 saturated carbocycles. The standard InChI is InChI=1S/C16H11F3N2O3/c17-16(18,19)24-12-3-1-2-11(8-12)21-13-5-4-9(15(20)23)6-10(13)7-14(21)22/h1-6,8H,7H2,(H2,20,23). The lowest BCUT2D eigenvalue weighted by Gasteiger charge is -2.19. The van der Waals surface area contributed by atoms with Gasteiger partial charge >= 0.3 is 6.36 Å². The van der Waals surface area contributed by atoms with Gasteiger partial charge in [-0.05, 0) is 35.9 Å². The van der Waals surface area contributed by atoms with Crippen LogP contribution in [0.2, 0.25) is 0 Å². The number of halogens is 3. The molecule has 0 fully saturated rings. The van der Waals surface area contributed by atoms with Gasteiger partial charge in [0.25, 0.3) is 0 Å². The maximum atomic E-state index is 12.3. The summed E-state index contributed by atoms with van der Waals surface area (Å²) in [6.45, 7) is 0. The molecule has 1 aliphatic heterocycles. The number of ether oxygens (including phenoxy) is 1. The molecule has 2 aromatic carbocycles. The zero-order valence-corrected chi connectivity index (χ0v) is 12.1. The van der Waals surface area contributed by atoms with Crippen molar-refractivity contribution in [1.82, 2.24) is 0 Å². The number of hydrogen-bond acceptors (Lipinski definition) is 3. The SMILES string of the molecule is NC(=O)c1ccc2c(c1)CC(=O)N2c1cccc(OC(F)(F)F)c1. The Balaban J connectivity index is 1.98. The number of hydrogen-bond donors (Lipinski definition) is 1. The van der Waals surface area contributed by atoms with Gasteiger partial charge in [0, 0.05) is 11.6 Å². The minimum absolute atomic E-state index is 0.0286. The van der Waals surface area contributed by atoms with Crippen molar-refractivity contribution in [3.05, 3.63) is 53.6 Å². The summed E-state index contributed by atoms with van der Waals surface area (Å²) in [6, 6.07) is 9.64. The van der Waals surface area contributed by atoms with Crippen molar-refractivity contribution in [2.45, 2.75) is 12.8 Å².